The second-order valence-corrected chi connectivity index (χ2v) is 4.21. The van der Waals surface area contributed by atoms with Crippen molar-refractivity contribution in [3.8, 4) is 0 Å². The van der Waals surface area contributed by atoms with Gasteiger partial charge in [0, 0.05) is 10.2 Å². The van der Waals surface area contributed by atoms with Crippen LogP contribution in [0.2, 0.25) is 0 Å². The van der Waals surface area contributed by atoms with E-state index in [1.54, 1.807) is 6.08 Å². The molecule has 1 heterocycles. The molecule has 16 heavy (non-hydrogen) atoms. The molecule has 0 aromatic heterocycles. The van der Waals surface area contributed by atoms with Crippen LogP contribution >= 0.6 is 15.9 Å². The molecule has 1 atom stereocenters. The number of carboxylic acids is 1. The van der Waals surface area contributed by atoms with Crippen molar-refractivity contribution in [3.05, 3.63) is 40.4 Å². The standard InChI is InChI=1S/C11H9BrN2O2/c12-8-3-1-2-7(4-8)9-5-10(11(15)16)14-6-13-9/h1-6,10H,(H,13,14)(H,15,16). The summed E-state index contributed by atoms with van der Waals surface area (Å²) in [6, 6.07) is 6.81. The number of carbonyl (C=O) groups is 1. The lowest BCUT2D eigenvalue weighted by Crippen LogP contribution is -2.24. The van der Waals surface area contributed by atoms with Gasteiger partial charge in [0.05, 0.1) is 6.34 Å². The van der Waals surface area contributed by atoms with E-state index >= 15 is 0 Å². The Bertz CT molecular complexity index is 483. The van der Waals surface area contributed by atoms with Crippen LogP contribution in [-0.4, -0.2) is 23.5 Å². The molecule has 0 aliphatic carbocycles. The quantitative estimate of drug-likeness (QED) is 0.870. The Morgan fingerprint density at radius 1 is 1.50 bits per heavy atom. The highest BCUT2D eigenvalue weighted by atomic mass is 79.9. The molecule has 0 spiro atoms. The van der Waals surface area contributed by atoms with Crippen molar-refractivity contribution >= 4 is 33.9 Å². The van der Waals surface area contributed by atoms with Gasteiger partial charge < -0.3 is 10.4 Å². The van der Waals surface area contributed by atoms with Crippen molar-refractivity contribution in [2.24, 2.45) is 4.99 Å². The summed E-state index contributed by atoms with van der Waals surface area (Å²) < 4.78 is 0.946. The van der Waals surface area contributed by atoms with Crippen LogP contribution in [0.4, 0.5) is 0 Å². The van der Waals surface area contributed by atoms with E-state index < -0.39 is 12.0 Å². The Labute approximate surface area is 101 Å². The fraction of sp³-hybridized carbons (Fsp3) is 0.0909. The van der Waals surface area contributed by atoms with Crippen molar-refractivity contribution in [3.63, 3.8) is 0 Å². The molecule has 0 saturated carbocycles. The number of halogens is 1. The van der Waals surface area contributed by atoms with Crippen molar-refractivity contribution in [2.75, 3.05) is 0 Å². The summed E-state index contributed by atoms with van der Waals surface area (Å²) in [6.07, 6.45) is 3.00. The van der Waals surface area contributed by atoms with Gasteiger partial charge in [0.15, 0.2) is 6.04 Å². The van der Waals surface area contributed by atoms with Gasteiger partial charge in [0.1, 0.15) is 0 Å². The lowest BCUT2D eigenvalue weighted by Gasteiger charge is -2.14. The third-order valence-electron chi connectivity index (χ3n) is 2.17. The molecular formula is C11H9BrN2O2. The molecule has 1 aromatic carbocycles. The normalized spacial score (nSPS) is 18.8. The molecule has 4 nitrogen and oxygen atoms in total. The molecule has 2 N–H and O–H groups in total. The molecule has 0 saturated heterocycles. The van der Waals surface area contributed by atoms with Crippen molar-refractivity contribution < 1.29 is 9.90 Å². The van der Waals surface area contributed by atoms with E-state index in [4.69, 9.17) is 5.11 Å². The zero-order valence-electron chi connectivity index (χ0n) is 8.22. The molecular weight excluding hydrogens is 272 g/mol. The van der Waals surface area contributed by atoms with E-state index in [1.165, 1.54) is 6.34 Å². The second kappa shape index (κ2) is 4.49. The van der Waals surface area contributed by atoms with Gasteiger partial charge in [-0.1, -0.05) is 28.1 Å². The first-order valence-corrected chi connectivity index (χ1v) is 5.45. The van der Waals surface area contributed by atoms with Gasteiger partial charge in [0.25, 0.3) is 0 Å². The number of aliphatic imine (C=N–C) groups is 1. The molecule has 1 aromatic rings. The summed E-state index contributed by atoms with van der Waals surface area (Å²) in [4.78, 5) is 14.6. The Morgan fingerprint density at radius 2 is 2.31 bits per heavy atom. The van der Waals surface area contributed by atoms with Crippen LogP contribution in [0.3, 0.4) is 0 Å². The topological polar surface area (TPSA) is 61.7 Å². The van der Waals surface area contributed by atoms with Gasteiger partial charge in [-0.05, 0) is 23.8 Å². The smallest absolute Gasteiger partial charge is 0.332 e. The first kappa shape index (κ1) is 10.9. The Balaban J connectivity index is 2.31. The average Bonchev–Trinajstić information content (AvgIpc) is 2.29. The summed E-state index contributed by atoms with van der Waals surface area (Å²) in [6.45, 7) is 0. The van der Waals surface area contributed by atoms with Crippen molar-refractivity contribution in [1.82, 2.24) is 5.32 Å². The maximum Gasteiger partial charge on any atom is 0.332 e. The molecule has 1 aliphatic heterocycles. The minimum Gasteiger partial charge on any atom is -0.479 e. The molecule has 0 bridgehead atoms. The first-order valence-electron chi connectivity index (χ1n) is 4.65. The zero-order chi connectivity index (χ0) is 11.5. The third-order valence-corrected chi connectivity index (χ3v) is 2.66. The fourth-order valence-electron chi connectivity index (χ4n) is 1.41. The van der Waals surface area contributed by atoms with E-state index in [1.807, 2.05) is 24.3 Å². The maximum atomic E-state index is 10.8. The van der Waals surface area contributed by atoms with Crippen LogP contribution < -0.4 is 5.32 Å². The van der Waals surface area contributed by atoms with Gasteiger partial charge >= 0.3 is 5.97 Å². The number of hydrogen-bond acceptors (Lipinski definition) is 3. The molecule has 0 radical (unpaired) electrons. The SMILES string of the molecule is O=C(O)C1C=C(c2cccc(Br)c2)NC=N1. The second-order valence-electron chi connectivity index (χ2n) is 3.30. The molecule has 82 valence electrons. The highest BCUT2D eigenvalue weighted by Crippen LogP contribution is 2.19. The molecule has 0 amide bonds. The van der Waals surface area contributed by atoms with Crippen molar-refractivity contribution in [2.45, 2.75) is 6.04 Å². The maximum absolute atomic E-state index is 10.8. The molecule has 1 aliphatic rings. The zero-order valence-corrected chi connectivity index (χ0v) is 9.81. The van der Waals surface area contributed by atoms with Crippen LogP contribution in [0.15, 0.2) is 39.8 Å². The summed E-state index contributed by atoms with van der Waals surface area (Å²) in [5.74, 6) is -0.953. The van der Waals surface area contributed by atoms with Gasteiger partial charge in [-0.25, -0.2) is 4.79 Å². The molecule has 0 fully saturated rings. The minimum atomic E-state index is -0.953. The summed E-state index contributed by atoms with van der Waals surface area (Å²) in [7, 11) is 0. The average molecular weight is 281 g/mol. The van der Waals surface area contributed by atoms with Gasteiger partial charge in [0.2, 0.25) is 0 Å². The van der Waals surface area contributed by atoms with E-state index in [9.17, 15) is 4.79 Å². The third kappa shape index (κ3) is 2.30. The highest BCUT2D eigenvalue weighted by molar-refractivity contribution is 9.10. The Hall–Kier alpha value is -1.62. The van der Waals surface area contributed by atoms with Crippen LogP contribution in [0.1, 0.15) is 5.56 Å². The lowest BCUT2D eigenvalue weighted by atomic mass is 10.1. The molecule has 2 rings (SSSR count). The number of rotatable bonds is 2. The number of hydrogen-bond donors (Lipinski definition) is 2. The van der Waals surface area contributed by atoms with E-state index in [0.29, 0.717) is 0 Å². The summed E-state index contributed by atoms with van der Waals surface area (Å²) >= 11 is 3.37. The van der Waals surface area contributed by atoms with Crippen LogP contribution in [0.5, 0.6) is 0 Å². The van der Waals surface area contributed by atoms with Crippen LogP contribution in [0, 0.1) is 0 Å². The summed E-state index contributed by atoms with van der Waals surface area (Å²) in [5.41, 5.74) is 1.68. The largest absolute Gasteiger partial charge is 0.479 e. The molecule has 5 heteroatoms. The van der Waals surface area contributed by atoms with E-state index in [-0.39, 0.29) is 0 Å². The first-order chi connectivity index (χ1) is 7.66. The predicted molar refractivity (Wildman–Crippen MR) is 65.2 cm³/mol. The minimum absolute atomic E-state index is 0.753. The van der Waals surface area contributed by atoms with Crippen molar-refractivity contribution in [1.29, 1.82) is 0 Å². The Kier molecular flexibility index (Phi) is 3.05. The van der Waals surface area contributed by atoms with Gasteiger partial charge in [-0.15, -0.1) is 0 Å². The number of benzene rings is 1. The van der Waals surface area contributed by atoms with Gasteiger partial charge in [-0.2, -0.15) is 0 Å². The number of aliphatic carboxylic acids is 1. The van der Waals surface area contributed by atoms with Gasteiger partial charge in [-0.3, -0.25) is 4.99 Å². The molecule has 1 unspecified atom stereocenters. The van der Waals surface area contributed by atoms with Crippen LogP contribution in [0.25, 0.3) is 5.70 Å². The predicted octanol–water partition coefficient (Wildman–Crippen LogP) is 1.87. The number of nitrogens with one attached hydrogen (secondary N) is 1. The highest BCUT2D eigenvalue weighted by Gasteiger charge is 2.17. The number of carboxylic acid groups (broad SMARTS) is 1. The van der Waals surface area contributed by atoms with E-state index in [2.05, 4.69) is 26.2 Å². The number of nitrogens with zero attached hydrogens (tertiary/aromatic N) is 1. The monoisotopic (exact) mass is 280 g/mol. The van der Waals surface area contributed by atoms with E-state index in [0.717, 1.165) is 15.7 Å². The fourth-order valence-corrected chi connectivity index (χ4v) is 1.81. The summed E-state index contributed by atoms with van der Waals surface area (Å²) in [5, 5.41) is 11.8. The lowest BCUT2D eigenvalue weighted by molar-refractivity contribution is -0.137. The Morgan fingerprint density at radius 3 is 3.00 bits per heavy atom. The van der Waals surface area contributed by atoms with Crippen LogP contribution in [-0.2, 0) is 4.79 Å².